The van der Waals surface area contributed by atoms with Gasteiger partial charge in [-0.05, 0) is 145 Å². The molecule has 3 fully saturated rings. The fraction of sp³-hybridized carbons (Fsp3) is 0.402. The molecule has 3 heterocycles. The molecule has 6 aromatic carbocycles. The van der Waals surface area contributed by atoms with Crippen molar-refractivity contribution in [1.82, 2.24) is 67.9 Å². The molecule has 0 aromatic heterocycles. The molecule has 42 nitrogen and oxygen atoms in total. The molecule has 3 aliphatic carbocycles. The third-order valence-corrected chi connectivity index (χ3v) is 22.9. The van der Waals surface area contributed by atoms with Crippen molar-refractivity contribution in [3.05, 3.63) is 230 Å². The number of hydrogen-bond donors (Lipinski definition) is 11. The second-order valence-electron chi connectivity index (χ2n) is 32.3. The van der Waals surface area contributed by atoms with Crippen LogP contribution in [0.2, 0.25) is 0 Å². The molecule has 11 N–H and O–H groups in total. The Morgan fingerprint density at radius 2 is 0.605 bits per heavy atom. The Bertz CT molecular complexity index is 5320. The Balaban J connectivity index is 0.000000384. The number of aldehydes is 1. The van der Waals surface area contributed by atoms with Crippen molar-refractivity contribution in [3.8, 4) is 33.4 Å². The van der Waals surface area contributed by atoms with E-state index in [1.165, 1.54) is 71.5 Å². The summed E-state index contributed by atoms with van der Waals surface area (Å²) >= 11 is 2.94. The predicted molar refractivity (Wildman–Crippen MR) is 535 cm³/mol. The first-order chi connectivity index (χ1) is 69.8. The van der Waals surface area contributed by atoms with Gasteiger partial charge in [0.15, 0.2) is 0 Å². The number of fused-ring (bicyclic) bond motifs is 9. The number of ether oxygens (including phenoxy) is 11. The first kappa shape index (κ1) is 127. The average Bonchev–Trinajstić information content (AvgIpc) is 1.63. The maximum atomic E-state index is 13.1. The summed E-state index contributed by atoms with van der Waals surface area (Å²) in [7, 11) is 8.56. The van der Waals surface area contributed by atoms with Gasteiger partial charge in [0, 0.05) is 37.8 Å². The fourth-order valence-corrected chi connectivity index (χ4v) is 16.1. The summed E-state index contributed by atoms with van der Waals surface area (Å²) in [4.78, 5) is 205. The molecule has 3 saturated heterocycles. The van der Waals surface area contributed by atoms with Gasteiger partial charge >= 0.3 is 141 Å². The number of carbonyl (C=O) groups excluding carboxylic acids is 16. The summed E-state index contributed by atoms with van der Waals surface area (Å²) < 4.78 is 54.2. The maximum absolute atomic E-state index is 13.1. The van der Waals surface area contributed by atoms with Crippen LogP contribution in [-0.2, 0) is 100 Å². The van der Waals surface area contributed by atoms with Crippen LogP contribution in [0, 0.1) is 0 Å². The van der Waals surface area contributed by atoms with Crippen LogP contribution >= 0.6 is 15.9 Å². The molecular weight excluding hydrogens is 2210 g/mol. The van der Waals surface area contributed by atoms with Crippen molar-refractivity contribution < 1.29 is 232 Å². The normalized spacial score (nSPS) is 15.2. The number of halogens is 2. The van der Waals surface area contributed by atoms with Crippen LogP contribution < -0.4 is 146 Å². The molecule has 6 aromatic rings. The van der Waals surface area contributed by atoms with Gasteiger partial charge in [0.1, 0.15) is 88.8 Å². The molecular formula is C102H128BrCsIN13O29. The minimum atomic E-state index is -1.36. The number of carboxylic acid groups (broad SMARTS) is 1. The zero-order valence-corrected chi connectivity index (χ0v) is 93.8. The molecule has 11 amide bonds. The number of nitrogens with one attached hydrogen (secondary N) is 10. The van der Waals surface area contributed by atoms with Gasteiger partial charge in [-0.2, -0.15) is 0 Å². The third-order valence-electron chi connectivity index (χ3n) is 22.9. The van der Waals surface area contributed by atoms with Gasteiger partial charge in [0.05, 0.1) is 66.7 Å². The van der Waals surface area contributed by atoms with E-state index in [2.05, 4.69) is 122 Å². The summed E-state index contributed by atoms with van der Waals surface area (Å²) in [6.45, 7) is 18.0. The molecule has 8 atom stereocenters. The number of carbonyl (C=O) groups is 17. The number of likely N-dealkylation sites (tertiary alicyclic amines) is 3. The first-order valence-corrected chi connectivity index (χ1v) is 47.7. The number of alkyl halides is 1. The van der Waals surface area contributed by atoms with Crippen LogP contribution in [0.25, 0.3) is 33.4 Å². The van der Waals surface area contributed by atoms with Crippen LogP contribution in [-0.4, -0.2) is 318 Å². The summed E-state index contributed by atoms with van der Waals surface area (Å²) in [6, 6.07) is 41.0. The molecule has 0 spiro atoms. The minimum absolute atomic E-state index is 0. The molecule has 3 aliphatic heterocycles. The fourth-order valence-electron chi connectivity index (χ4n) is 16.1. The SMILES string of the molecule is C=CCOC(=O)NC[C@H](NC(=O)C1CCCN1C)C(=O)OC.C=CCOC(=O)NC[C@H](NC(=O)OCC1c2ccccc2-c2ccccc21)C(=O)O.C=CCOC(=O)NC[C@H](NC(=O)OCC1c2ccccc2-c2ccccc21)C(=O)OC.C=CCOC(=O)NC[C@H](NC(=O)[C@@H]1CCCN1C(=O)OCC1c2ccccc2-c2ccccc21)C(=O)OC.CBr.CC=O.COC(=O)[C@H](CNC(C)=O)NC(=O)C1CCCN1C.[Cs+].[I-]. The second-order valence-corrected chi connectivity index (χ2v) is 32.3. The van der Waals surface area contributed by atoms with Crippen molar-refractivity contribution in [2.45, 2.75) is 118 Å². The van der Waals surface area contributed by atoms with Crippen LogP contribution in [0.4, 0.5) is 33.6 Å². The van der Waals surface area contributed by atoms with Crippen LogP contribution in [0.3, 0.4) is 0 Å². The quantitative estimate of drug-likeness (QED) is 0.00667. The Kier molecular flexibility index (Phi) is 59.1. The molecule has 0 bridgehead atoms. The molecule has 45 heteroatoms. The van der Waals surface area contributed by atoms with Crippen LogP contribution in [0.5, 0.6) is 0 Å². The minimum Gasteiger partial charge on any atom is -1.00 e. The topological polar surface area (TPSA) is 542 Å². The van der Waals surface area contributed by atoms with Gasteiger partial charge in [0.25, 0.3) is 0 Å². The van der Waals surface area contributed by atoms with Crippen molar-refractivity contribution in [3.63, 3.8) is 0 Å². The summed E-state index contributed by atoms with van der Waals surface area (Å²) in [5.41, 5.74) is 13.1. The standard InChI is InChI=1S/C28H31N3O7.C23H24N2O6.C22H22N2O6.C14H23N3O5.C12H21N3O4.C2H4O.CH3Br.Cs.HI/c1-3-15-37-27(34)29-16-23(26(33)36-2)30-25(32)24-13-8-14-31(24)28(35)38-17-22-20-11-6-4-9-18(20)19-10-5-7-12-21(19)22;1-3-12-30-22(27)24-13-20(21(26)29-2)25-23(28)31-14-19-17-10-6-4-8-15(17)16-9-5-7-11-18(16)19;1-2-11-29-21(27)23-12-19(20(25)26)24-22(28)30-13-18-16-9-5-3-7-14(16)15-8-4-6-10-17(15)18;1-4-8-22-14(20)15-9-10(13(19)21-3)16-12(18)11-6-5-7-17(11)2;1-8(16)13-7-9(12(18)19-3)14-11(17)10-5-4-6-15(10)2;1-2-3;1-2;;/h3-7,9-12,22-24H,1,8,13-17H2,2H3,(H,29,34)(H,30,32);3-11,19-20H,1,12-14H2,2H3,(H,24,27)(H,25,28);2-10,18-19H,1,11-13H2,(H,23,27)(H,24,28)(H,25,26);4,10-11H,1,5-9H2,2-3H3,(H,15,20)(H,16,18);9-10H,4-7H2,1-3H3,(H,13,16)(H,14,17);2H,1H3;1H3;;1H/q;;;;;;;+1;/p-1/t23-,24-;20-;19-;10-,11?;9-,10?;;;;/m00000..../s1. The van der Waals surface area contributed by atoms with Gasteiger partial charge in [-0.1, -0.05) is 212 Å². The van der Waals surface area contributed by atoms with E-state index in [1.807, 2.05) is 163 Å². The number of benzene rings is 6. The summed E-state index contributed by atoms with van der Waals surface area (Å²) in [5.74, 6) is -3.77. The van der Waals surface area contributed by atoms with Crippen LogP contribution in [0.1, 0.15) is 104 Å². The molecule has 790 valence electrons. The number of carboxylic acids is 1. The number of nitrogens with zero attached hydrogens (tertiary/aromatic N) is 3. The summed E-state index contributed by atoms with van der Waals surface area (Å²) in [6.07, 6.45) is 5.51. The molecule has 0 saturated carbocycles. The molecule has 12 rings (SSSR count). The Labute approximate surface area is 937 Å². The van der Waals surface area contributed by atoms with Crippen molar-refractivity contribution in [2.75, 3.05) is 147 Å². The van der Waals surface area contributed by atoms with E-state index in [0.717, 1.165) is 112 Å². The van der Waals surface area contributed by atoms with Crippen molar-refractivity contribution in [1.29, 1.82) is 0 Å². The third kappa shape index (κ3) is 40.1. The zero-order valence-electron chi connectivity index (χ0n) is 83.7. The van der Waals surface area contributed by atoms with Crippen molar-refractivity contribution in [2.24, 2.45) is 0 Å². The number of amides is 11. The Morgan fingerprint density at radius 3 is 0.864 bits per heavy atom. The van der Waals surface area contributed by atoms with E-state index in [4.69, 9.17) is 42.7 Å². The Morgan fingerprint density at radius 1 is 0.367 bits per heavy atom. The number of hydrogen-bond acceptors (Lipinski definition) is 30. The number of rotatable bonds is 37. The number of alkyl carbamates (subject to hydrolysis) is 6. The van der Waals surface area contributed by atoms with E-state index in [-0.39, 0.29) is 219 Å². The smallest absolute Gasteiger partial charge is 1.00 e. The number of likely N-dealkylation sites (N-methyl/N-ethyl adjacent to an activating group) is 2. The number of methoxy groups -OCH3 is 4. The number of aliphatic carboxylic acids is 1. The monoisotopic (exact) mass is 2340 g/mol. The van der Waals surface area contributed by atoms with Crippen molar-refractivity contribution >= 4 is 118 Å². The zero-order chi connectivity index (χ0) is 106. The van der Waals surface area contributed by atoms with Gasteiger partial charge in [-0.3, -0.25) is 33.9 Å². The molecule has 0 radical (unpaired) electrons. The molecule has 2 unspecified atom stereocenters. The van der Waals surface area contributed by atoms with Gasteiger partial charge in [0.2, 0.25) is 23.6 Å². The van der Waals surface area contributed by atoms with E-state index >= 15 is 0 Å². The number of esters is 4. The van der Waals surface area contributed by atoms with E-state index < -0.39 is 115 Å². The van der Waals surface area contributed by atoms with E-state index in [0.29, 0.717) is 19.4 Å². The van der Waals surface area contributed by atoms with Gasteiger partial charge in [-0.15, -0.1) is 0 Å². The Hall–Kier alpha value is -12.7. The van der Waals surface area contributed by atoms with E-state index in [1.54, 1.807) is 0 Å². The second kappa shape index (κ2) is 68.7. The average molecular weight is 2340 g/mol. The largest absolute Gasteiger partial charge is 1.00 e. The predicted octanol–water partition coefficient (Wildman–Crippen LogP) is 2.59. The summed E-state index contributed by atoms with van der Waals surface area (Å²) in [5, 5.41) is 33.7. The van der Waals surface area contributed by atoms with Gasteiger partial charge < -0.3 is 139 Å². The van der Waals surface area contributed by atoms with Crippen LogP contribution in [0.15, 0.2) is 196 Å². The molecule has 6 aliphatic rings. The van der Waals surface area contributed by atoms with Gasteiger partial charge in [-0.25, -0.2) is 57.5 Å². The van der Waals surface area contributed by atoms with E-state index in [9.17, 15) is 81.8 Å². The maximum Gasteiger partial charge on any atom is 1.00 e. The molecule has 147 heavy (non-hydrogen) atoms. The first-order valence-electron chi connectivity index (χ1n) is 46.1.